The molecule has 0 aromatic heterocycles. The Balaban J connectivity index is 0.000000142. The molecule has 0 aliphatic carbocycles. The Bertz CT molecular complexity index is 2170. The van der Waals surface area contributed by atoms with Crippen LogP contribution in [0.2, 0.25) is 0 Å². The summed E-state index contributed by atoms with van der Waals surface area (Å²) in [5.41, 5.74) is 0. The summed E-state index contributed by atoms with van der Waals surface area (Å²) in [5, 5.41) is 8.92. The summed E-state index contributed by atoms with van der Waals surface area (Å²) in [6.07, 6.45) is 0. The van der Waals surface area contributed by atoms with Crippen LogP contribution < -0.4 is 0 Å². The summed E-state index contributed by atoms with van der Waals surface area (Å²) in [7, 11) is -2.35. The van der Waals surface area contributed by atoms with Gasteiger partial charge in [-0.2, -0.15) is 0 Å². The van der Waals surface area contributed by atoms with Gasteiger partial charge in [-0.1, -0.05) is 133 Å². The number of fused-ring (bicyclic) bond motifs is 4. The van der Waals surface area contributed by atoms with Gasteiger partial charge in [-0.05, 0) is 79.5 Å². The first-order chi connectivity index (χ1) is 21.7. The summed E-state index contributed by atoms with van der Waals surface area (Å²) >= 11 is 0. The fourth-order valence-corrected chi connectivity index (χ4v) is 8.07. The van der Waals surface area contributed by atoms with Crippen molar-refractivity contribution >= 4 is 64.7 Å². The van der Waals surface area contributed by atoms with Gasteiger partial charge in [-0.15, -0.1) is 0 Å². The van der Waals surface area contributed by atoms with E-state index in [0.717, 1.165) is 51.9 Å². The second-order valence-electron chi connectivity index (χ2n) is 10.5. The molecule has 0 radical (unpaired) electrons. The molecule has 0 unspecified atom stereocenters. The Hall–Kier alpha value is -4.90. The van der Waals surface area contributed by atoms with E-state index in [-0.39, 0.29) is 0 Å². The van der Waals surface area contributed by atoms with Crippen LogP contribution in [-0.2, 0) is 21.6 Å². The highest BCUT2D eigenvalue weighted by molar-refractivity contribution is 7.85. The molecule has 0 aliphatic heterocycles. The molecule has 8 aromatic rings. The monoisotopic (exact) mass is 604 g/mol. The van der Waals surface area contributed by atoms with E-state index in [9.17, 15) is 8.42 Å². The van der Waals surface area contributed by atoms with Crippen molar-refractivity contribution in [2.75, 3.05) is 0 Å². The van der Waals surface area contributed by atoms with Gasteiger partial charge in [0.1, 0.15) is 0 Å². The molecule has 0 N–H and O–H groups in total. The molecule has 0 saturated heterocycles. The number of hydrogen-bond acceptors (Lipinski definition) is 2. The molecule has 0 fully saturated rings. The lowest BCUT2D eigenvalue weighted by atomic mass is 10.1. The topological polar surface area (TPSA) is 34.1 Å². The van der Waals surface area contributed by atoms with Crippen LogP contribution in [0.5, 0.6) is 0 Å². The molecule has 8 aromatic carbocycles. The van der Waals surface area contributed by atoms with E-state index in [1.165, 1.54) is 10.8 Å². The van der Waals surface area contributed by atoms with Crippen LogP contribution in [0.3, 0.4) is 0 Å². The molecule has 0 bridgehead atoms. The molecule has 2 nitrogen and oxygen atoms in total. The first-order valence-corrected chi connectivity index (χ1v) is 16.7. The highest BCUT2D eigenvalue weighted by atomic mass is 32.2. The molecule has 0 saturated carbocycles. The fraction of sp³-hybridized carbons (Fsp3) is 0. The quantitative estimate of drug-likeness (QED) is 0.200. The van der Waals surface area contributed by atoms with Crippen molar-refractivity contribution in [1.82, 2.24) is 0 Å². The maximum Gasteiger partial charge on any atom is 0.0862 e. The van der Waals surface area contributed by atoms with Crippen LogP contribution in [-0.4, -0.2) is 8.42 Å². The molecule has 212 valence electrons. The Labute approximate surface area is 261 Å². The third kappa shape index (κ3) is 5.58. The summed E-state index contributed by atoms with van der Waals surface area (Å²) in [6, 6.07) is 56.4. The van der Waals surface area contributed by atoms with E-state index in [4.69, 9.17) is 0 Å². The van der Waals surface area contributed by atoms with Gasteiger partial charge in [-0.25, -0.2) is 8.42 Å². The lowest BCUT2D eigenvalue weighted by Crippen LogP contribution is -1.95. The Morgan fingerprint density at radius 2 is 0.659 bits per heavy atom. The highest BCUT2D eigenvalue weighted by Crippen LogP contribution is 2.30. The average molecular weight is 605 g/mol. The fourth-order valence-electron chi connectivity index (χ4n) is 5.53. The van der Waals surface area contributed by atoms with Crippen molar-refractivity contribution in [2.45, 2.75) is 19.6 Å². The van der Waals surface area contributed by atoms with Gasteiger partial charge in [0.25, 0.3) is 0 Å². The zero-order valence-corrected chi connectivity index (χ0v) is 25.4. The zero-order chi connectivity index (χ0) is 29.9. The van der Waals surface area contributed by atoms with Crippen molar-refractivity contribution in [3.8, 4) is 0 Å². The maximum atomic E-state index is 13.2. The van der Waals surface area contributed by atoms with Gasteiger partial charge >= 0.3 is 0 Å². The van der Waals surface area contributed by atoms with E-state index in [1.807, 2.05) is 121 Å². The summed E-state index contributed by atoms with van der Waals surface area (Å²) in [4.78, 5) is 3.42. The standard InChI is InChI=1S/2C20H14OS/c21-22(19-13-5-9-15-7-1-3-11-17(15)19)20-14-6-10-16-8-2-4-12-18(16)20;21-22(19-11-9-15-5-1-3-7-17(15)13-19)20-12-10-16-6-2-4-8-18(16)14-20/h2*1-14H. The largest absolute Gasteiger partial charge is 0.249 e. The molecular weight excluding hydrogens is 577 g/mol. The van der Waals surface area contributed by atoms with Crippen molar-refractivity contribution < 1.29 is 8.42 Å². The summed E-state index contributed by atoms with van der Waals surface area (Å²) < 4.78 is 26.0. The second kappa shape index (κ2) is 12.4. The minimum absolute atomic E-state index is 0.842. The third-order valence-electron chi connectivity index (χ3n) is 7.77. The predicted octanol–water partition coefficient (Wildman–Crippen LogP) is 10.3. The Kier molecular flexibility index (Phi) is 7.85. The van der Waals surface area contributed by atoms with E-state index in [2.05, 4.69) is 48.5 Å². The molecule has 8 rings (SSSR count). The van der Waals surface area contributed by atoms with E-state index >= 15 is 0 Å². The molecule has 0 heterocycles. The number of rotatable bonds is 4. The Morgan fingerprint density at radius 3 is 1.11 bits per heavy atom. The molecule has 0 amide bonds. The van der Waals surface area contributed by atoms with Crippen LogP contribution in [0.15, 0.2) is 189 Å². The van der Waals surface area contributed by atoms with Gasteiger partial charge in [0.15, 0.2) is 0 Å². The maximum absolute atomic E-state index is 13.2. The van der Waals surface area contributed by atoms with Crippen molar-refractivity contribution in [3.05, 3.63) is 170 Å². The summed E-state index contributed by atoms with van der Waals surface area (Å²) in [5.74, 6) is 0. The van der Waals surface area contributed by atoms with Crippen molar-refractivity contribution in [3.63, 3.8) is 0 Å². The highest BCUT2D eigenvalue weighted by Gasteiger charge is 2.13. The van der Waals surface area contributed by atoms with Gasteiger partial charge in [0.05, 0.1) is 31.4 Å². The minimum atomic E-state index is -1.20. The molecule has 4 heteroatoms. The molecular formula is C40H28O2S2. The van der Waals surface area contributed by atoms with Crippen LogP contribution in [0.4, 0.5) is 0 Å². The third-order valence-corrected chi connectivity index (χ3v) is 10.6. The summed E-state index contributed by atoms with van der Waals surface area (Å²) in [6.45, 7) is 0. The van der Waals surface area contributed by atoms with Crippen LogP contribution >= 0.6 is 0 Å². The van der Waals surface area contributed by atoms with E-state index < -0.39 is 21.6 Å². The van der Waals surface area contributed by atoms with E-state index in [1.54, 1.807) is 0 Å². The molecule has 0 spiro atoms. The van der Waals surface area contributed by atoms with Gasteiger partial charge < -0.3 is 0 Å². The number of benzene rings is 8. The smallest absolute Gasteiger partial charge is 0.0862 e. The van der Waals surface area contributed by atoms with Crippen molar-refractivity contribution in [2.24, 2.45) is 0 Å². The average Bonchev–Trinajstić information content (AvgIpc) is 3.10. The molecule has 0 atom stereocenters. The second-order valence-corrected chi connectivity index (χ2v) is 13.4. The first-order valence-electron chi connectivity index (χ1n) is 14.4. The van der Waals surface area contributed by atoms with Gasteiger partial charge in [0.2, 0.25) is 0 Å². The van der Waals surface area contributed by atoms with Gasteiger partial charge in [0, 0.05) is 9.79 Å². The van der Waals surface area contributed by atoms with Crippen LogP contribution in [0, 0.1) is 0 Å². The molecule has 0 aliphatic rings. The predicted molar refractivity (Wildman–Crippen MR) is 185 cm³/mol. The SMILES string of the molecule is O=S(c1ccc2ccccc2c1)c1ccc2ccccc2c1.O=S(c1cccc2ccccc12)c1cccc2ccccc12. The molecule has 44 heavy (non-hydrogen) atoms. The lowest BCUT2D eigenvalue weighted by Gasteiger charge is -2.09. The van der Waals surface area contributed by atoms with Crippen LogP contribution in [0.25, 0.3) is 43.1 Å². The minimum Gasteiger partial charge on any atom is -0.249 e. The zero-order valence-electron chi connectivity index (χ0n) is 23.8. The first kappa shape index (κ1) is 27.9. The number of hydrogen-bond donors (Lipinski definition) is 0. The van der Waals surface area contributed by atoms with E-state index in [0.29, 0.717) is 0 Å². The van der Waals surface area contributed by atoms with Crippen LogP contribution in [0.1, 0.15) is 0 Å². The lowest BCUT2D eigenvalue weighted by molar-refractivity contribution is 0.683. The van der Waals surface area contributed by atoms with Gasteiger partial charge in [-0.3, -0.25) is 0 Å². The Morgan fingerprint density at radius 1 is 0.295 bits per heavy atom. The normalized spacial score (nSPS) is 11.3. The van der Waals surface area contributed by atoms with Crippen molar-refractivity contribution in [1.29, 1.82) is 0 Å².